The van der Waals surface area contributed by atoms with Gasteiger partial charge in [0.2, 0.25) is 0 Å². The first-order valence-corrected chi connectivity index (χ1v) is 8.15. The number of hydrogen-bond donors (Lipinski definition) is 2. The molecule has 0 spiro atoms. The fourth-order valence-corrected chi connectivity index (χ4v) is 3.54. The molecule has 23 heavy (non-hydrogen) atoms. The molecule has 1 aliphatic heterocycles. The van der Waals surface area contributed by atoms with Gasteiger partial charge in [0.25, 0.3) is 11.6 Å². The number of nitrogens with zero attached hydrogens (tertiary/aromatic N) is 1. The summed E-state index contributed by atoms with van der Waals surface area (Å²) in [6.45, 7) is 10.4. The van der Waals surface area contributed by atoms with Gasteiger partial charge in [-0.15, -0.1) is 0 Å². The number of likely N-dealkylation sites (tertiary alicyclic amines) is 1. The zero-order valence-corrected chi connectivity index (χ0v) is 14.3. The van der Waals surface area contributed by atoms with Crippen molar-refractivity contribution in [2.75, 3.05) is 25.0 Å². The Morgan fingerprint density at radius 1 is 1.26 bits per heavy atom. The van der Waals surface area contributed by atoms with E-state index < -0.39 is 4.92 Å². The summed E-state index contributed by atoms with van der Waals surface area (Å²) in [6.07, 6.45) is 1.20. The van der Waals surface area contributed by atoms with Crippen LogP contribution in [0.1, 0.15) is 31.4 Å². The second-order valence-corrected chi connectivity index (χ2v) is 7.04. The van der Waals surface area contributed by atoms with Gasteiger partial charge in [-0.05, 0) is 37.5 Å². The van der Waals surface area contributed by atoms with Crippen LogP contribution in [-0.4, -0.2) is 30.5 Å². The number of piperidine rings is 1. The van der Waals surface area contributed by atoms with Crippen molar-refractivity contribution in [2.45, 2.75) is 34.1 Å². The van der Waals surface area contributed by atoms with Crippen molar-refractivity contribution in [3.63, 3.8) is 0 Å². The van der Waals surface area contributed by atoms with Crippen molar-refractivity contribution in [3.05, 3.63) is 33.4 Å². The number of aryl methyl sites for hydroxylation is 2. The van der Waals surface area contributed by atoms with Gasteiger partial charge in [-0.3, -0.25) is 14.9 Å². The van der Waals surface area contributed by atoms with E-state index in [2.05, 4.69) is 19.2 Å². The van der Waals surface area contributed by atoms with Gasteiger partial charge in [0.15, 0.2) is 6.54 Å². The van der Waals surface area contributed by atoms with E-state index in [0.717, 1.165) is 24.2 Å². The molecular formula is C17H26N3O3+. The second-order valence-electron chi connectivity index (χ2n) is 7.04. The van der Waals surface area contributed by atoms with Gasteiger partial charge < -0.3 is 10.2 Å². The first-order valence-electron chi connectivity index (χ1n) is 8.15. The van der Waals surface area contributed by atoms with Crippen molar-refractivity contribution in [3.8, 4) is 0 Å². The molecule has 1 aromatic carbocycles. The highest BCUT2D eigenvalue weighted by Gasteiger charge is 2.27. The monoisotopic (exact) mass is 320 g/mol. The van der Waals surface area contributed by atoms with Gasteiger partial charge in [-0.2, -0.15) is 0 Å². The van der Waals surface area contributed by atoms with Crippen LogP contribution < -0.4 is 10.2 Å². The lowest BCUT2D eigenvalue weighted by molar-refractivity contribution is -0.904. The van der Waals surface area contributed by atoms with Crippen molar-refractivity contribution in [1.29, 1.82) is 0 Å². The maximum atomic E-state index is 12.3. The summed E-state index contributed by atoms with van der Waals surface area (Å²) in [5, 5.41) is 13.9. The van der Waals surface area contributed by atoms with Gasteiger partial charge in [-0.1, -0.05) is 13.8 Å². The summed E-state index contributed by atoms with van der Waals surface area (Å²) in [6, 6.07) is 3.20. The van der Waals surface area contributed by atoms with Crippen LogP contribution in [0.2, 0.25) is 0 Å². The molecule has 0 bridgehead atoms. The van der Waals surface area contributed by atoms with E-state index in [-0.39, 0.29) is 11.6 Å². The Kier molecular flexibility index (Phi) is 5.36. The molecule has 126 valence electrons. The molecule has 1 amide bonds. The molecule has 1 aliphatic rings. The van der Waals surface area contributed by atoms with E-state index in [9.17, 15) is 14.9 Å². The minimum atomic E-state index is -0.444. The number of anilines is 1. The number of carbonyl (C=O) groups is 1. The first-order chi connectivity index (χ1) is 10.8. The Morgan fingerprint density at radius 2 is 1.83 bits per heavy atom. The number of nitro groups is 1. The highest BCUT2D eigenvalue weighted by atomic mass is 16.6. The van der Waals surface area contributed by atoms with Gasteiger partial charge >= 0.3 is 0 Å². The van der Waals surface area contributed by atoms with Crippen LogP contribution in [0.3, 0.4) is 0 Å². The van der Waals surface area contributed by atoms with Crippen molar-refractivity contribution >= 4 is 17.3 Å². The van der Waals surface area contributed by atoms with Gasteiger partial charge in [0.1, 0.15) is 5.69 Å². The zero-order chi connectivity index (χ0) is 17.1. The highest BCUT2D eigenvalue weighted by molar-refractivity contribution is 5.94. The lowest BCUT2D eigenvalue weighted by Gasteiger charge is -2.31. The average molecular weight is 320 g/mol. The summed E-state index contributed by atoms with van der Waals surface area (Å²) in [7, 11) is 0. The molecule has 1 fully saturated rings. The maximum Gasteiger partial charge on any atom is 0.293 e. The van der Waals surface area contributed by atoms with Crippen LogP contribution in [0, 0.1) is 35.8 Å². The van der Waals surface area contributed by atoms with Crippen LogP contribution in [0.4, 0.5) is 11.4 Å². The summed E-state index contributed by atoms with van der Waals surface area (Å²) in [5.41, 5.74) is 2.02. The third-order valence-electron chi connectivity index (χ3n) is 4.57. The fraction of sp³-hybridized carbons (Fsp3) is 0.588. The summed E-state index contributed by atoms with van der Waals surface area (Å²) in [4.78, 5) is 24.3. The van der Waals surface area contributed by atoms with E-state index in [0.29, 0.717) is 24.1 Å². The van der Waals surface area contributed by atoms with Crippen LogP contribution in [0.15, 0.2) is 12.1 Å². The normalized spacial score (nSPS) is 24.3. The standard InChI is InChI=1S/C17H25N3O3/c1-11-5-12(2)9-19(8-11)10-17(21)18-15-6-13(3)14(4)7-16(15)20(22)23/h6-7,11-12H,5,8-10H2,1-4H3,(H,18,21)/p+1/t11-,12+. The summed E-state index contributed by atoms with van der Waals surface area (Å²) >= 11 is 0. The molecule has 0 radical (unpaired) electrons. The number of hydrogen-bond acceptors (Lipinski definition) is 3. The van der Waals surface area contributed by atoms with Crippen LogP contribution >= 0.6 is 0 Å². The molecule has 0 aromatic heterocycles. The molecule has 0 saturated carbocycles. The van der Waals surface area contributed by atoms with Crippen molar-refractivity contribution in [2.24, 2.45) is 11.8 Å². The molecule has 1 aromatic rings. The van der Waals surface area contributed by atoms with E-state index in [4.69, 9.17) is 0 Å². The fourth-order valence-electron chi connectivity index (χ4n) is 3.54. The molecule has 1 unspecified atom stereocenters. The molecule has 1 heterocycles. The topological polar surface area (TPSA) is 76.7 Å². The number of nitrogens with one attached hydrogen (secondary N) is 2. The molecule has 1 saturated heterocycles. The Balaban J connectivity index is 2.08. The maximum absolute atomic E-state index is 12.3. The number of quaternary nitrogens is 1. The SMILES string of the molecule is Cc1cc(NC(=O)C[NH+]2C[C@H](C)C[C@H](C)C2)c([N+](=O)[O-])cc1C. The lowest BCUT2D eigenvalue weighted by atomic mass is 9.92. The van der Waals surface area contributed by atoms with E-state index in [1.165, 1.54) is 17.4 Å². The predicted octanol–water partition coefficient (Wildman–Crippen LogP) is 1.71. The average Bonchev–Trinajstić information content (AvgIpc) is 2.40. The van der Waals surface area contributed by atoms with E-state index in [1.54, 1.807) is 6.07 Å². The number of nitro benzene ring substituents is 1. The number of benzene rings is 1. The Labute approximate surface area is 137 Å². The molecular weight excluding hydrogens is 294 g/mol. The van der Waals surface area contributed by atoms with Gasteiger partial charge in [0.05, 0.1) is 18.0 Å². The Morgan fingerprint density at radius 3 is 2.39 bits per heavy atom. The first kappa shape index (κ1) is 17.4. The number of carbonyl (C=O) groups excluding carboxylic acids is 1. The molecule has 6 heteroatoms. The van der Waals surface area contributed by atoms with E-state index >= 15 is 0 Å². The van der Waals surface area contributed by atoms with Crippen molar-refractivity contribution < 1.29 is 14.6 Å². The number of rotatable bonds is 4. The zero-order valence-electron chi connectivity index (χ0n) is 14.3. The minimum Gasteiger partial charge on any atom is -0.327 e. The van der Waals surface area contributed by atoms with Crippen molar-refractivity contribution in [1.82, 2.24) is 0 Å². The predicted molar refractivity (Wildman–Crippen MR) is 89.7 cm³/mol. The third-order valence-corrected chi connectivity index (χ3v) is 4.57. The smallest absolute Gasteiger partial charge is 0.293 e. The molecule has 2 rings (SSSR count). The van der Waals surface area contributed by atoms with Gasteiger partial charge in [-0.25, -0.2) is 0 Å². The Hall–Kier alpha value is -1.95. The third kappa shape index (κ3) is 4.51. The highest BCUT2D eigenvalue weighted by Crippen LogP contribution is 2.27. The largest absolute Gasteiger partial charge is 0.327 e. The second kappa shape index (κ2) is 7.08. The van der Waals surface area contributed by atoms with E-state index in [1.807, 2.05) is 13.8 Å². The van der Waals surface area contributed by atoms with Crippen LogP contribution in [0.25, 0.3) is 0 Å². The number of amides is 1. The lowest BCUT2D eigenvalue weighted by Crippen LogP contribution is -3.15. The summed E-state index contributed by atoms with van der Waals surface area (Å²) < 4.78 is 0. The summed E-state index contributed by atoms with van der Waals surface area (Å²) in [5.74, 6) is 1.06. The molecule has 0 aliphatic carbocycles. The Bertz CT molecular complexity index is 605. The molecule has 3 atom stereocenters. The quantitative estimate of drug-likeness (QED) is 0.655. The minimum absolute atomic E-state index is 0.0446. The van der Waals surface area contributed by atoms with Crippen LogP contribution in [-0.2, 0) is 4.79 Å². The van der Waals surface area contributed by atoms with Crippen LogP contribution in [0.5, 0.6) is 0 Å². The molecule has 2 N–H and O–H groups in total. The van der Waals surface area contributed by atoms with Gasteiger partial charge in [0, 0.05) is 17.9 Å². The molecule has 6 nitrogen and oxygen atoms in total.